The molecule has 0 fully saturated rings. The highest BCUT2D eigenvalue weighted by Gasteiger charge is 2.07. The van der Waals surface area contributed by atoms with Crippen LogP contribution in [0.2, 0.25) is 0 Å². The van der Waals surface area contributed by atoms with Gasteiger partial charge in [0, 0.05) is 11.3 Å². The Balaban J connectivity index is 2.73. The van der Waals surface area contributed by atoms with E-state index in [1.807, 2.05) is 6.92 Å². The number of nitrogens with one attached hydrogen (secondary N) is 1. The van der Waals surface area contributed by atoms with E-state index in [2.05, 4.69) is 21.0 Å². The molecule has 0 aliphatic carbocycles. The van der Waals surface area contributed by atoms with E-state index in [-0.39, 0.29) is 0 Å². The minimum absolute atomic E-state index is 0.392. The van der Waals surface area contributed by atoms with Gasteiger partial charge in [-0.25, -0.2) is 9.97 Å². The fourth-order valence-corrected chi connectivity index (χ4v) is 1.41. The lowest BCUT2D eigenvalue weighted by molar-refractivity contribution is 1.18. The molecule has 0 bridgehead atoms. The lowest BCUT2D eigenvalue weighted by Crippen LogP contribution is -1.84. The maximum atomic E-state index is 8.61. The first-order valence-electron chi connectivity index (χ1n) is 3.97. The third-order valence-corrected chi connectivity index (χ3v) is 2.03. The first-order chi connectivity index (χ1) is 6.33. The van der Waals surface area contributed by atoms with Gasteiger partial charge in [0.05, 0.1) is 29.7 Å². The molecule has 64 valence electrons. The quantitative estimate of drug-likeness (QED) is 0.705. The van der Waals surface area contributed by atoms with Gasteiger partial charge in [-0.2, -0.15) is 5.26 Å². The van der Waals surface area contributed by atoms with Crippen LogP contribution in [-0.4, -0.2) is 15.0 Å². The molecule has 0 radical (unpaired) electrons. The zero-order valence-electron chi connectivity index (χ0n) is 7.20. The molecule has 2 aromatic heterocycles. The molecule has 4 heteroatoms. The lowest BCUT2D eigenvalue weighted by Gasteiger charge is -1.90. The highest BCUT2D eigenvalue weighted by molar-refractivity contribution is 5.79. The molecule has 4 nitrogen and oxygen atoms in total. The lowest BCUT2D eigenvalue weighted by atomic mass is 10.2. The molecule has 0 spiro atoms. The van der Waals surface area contributed by atoms with Crippen LogP contribution in [0.5, 0.6) is 0 Å². The van der Waals surface area contributed by atoms with Crippen LogP contribution in [0.4, 0.5) is 0 Å². The number of nitriles is 1. The maximum absolute atomic E-state index is 8.61. The number of rotatable bonds is 1. The molecule has 2 aromatic rings. The second-order valence-electron chi connectivity index (χ2n) is 2.85. The molecule has 2 rings (SSSR count). The van der Waals surface area contributed by atoms with E-state index < -0.39 is 0 Å². The summed E-state index contributed by atoms with van der Waals surface area (Å²) in [5, 5.41) is 8.61. The highest BCUT2D eigenvalue weighted by atomic mass is 14.9. The zero-order valence-corrected chi connectivity index (χ0v) is 7.20. The molecule has 2 heterocycles. The number of aromatic amines is 1. The molecule has 1 N–H and O–H groups in total. The fourth-order valence-electron chi connectivity index (χ4n) is 1.41. The Morgan fingerprint density at radius 2 is 2.46 bits per heavy atom. The molecule has 0 amide bonds. The number of aryl methyl sites for hydroxylation is 1. The van der Waals surface area contributed by atoms with Crippen LogP contribution in [0, 0.1) is 18.3 Å². The number of aromatic nitrogens is 3. The van der Waals surface area contributed by atoms with Gasteiger partial charge in [-0.05, 0) is 6.92 Å². The van der Waals surface area contributed by atoms with E-state index >= 15 is 0 Å². The van der Waals surface area contributed by atoms with Crippen molar-refractivity contribution >= 4 is 11.0 Å². The Morgan fingerprint density at radius 3 is 3.23 bits per heavy atom. The molecule has 0 unspecified atom stereocenters. The van der Waals surface area contributed by atoms with Gasteiger partial charge in [0.1, 0.15) is 6.33 Å². The fraction of sp³-hybridized carbons (Fsp3) is 0.222. The molecule has 0 aromatic carbocycles. The van der Waals surface area contributed by atoms with E-state index in [1.54, 1.807) is 6.20 Å². The maximum Gasteiger partial charge on any atom is 0.116 e. The number of hydrogen-bond acceptors (Lipinski definition) is 3. The molecular weight excluding hydrogens is 164 g/mol. The first-order valence-corrected chi connectivity index (χ1v) is 3.97. The summed E-state index contributed by atoms with van der Waals surface area (Å²) in [6.07, 6.45) is 3.61. The Hall–Kier alpha value is -1.89. The van der Waals surface area contributed by atoms with Gasteiger partial charge in [-0.15, -0.1) is 0 Å². The van der Waals surface area contributed by atoms with E-state index in [1.165, 1.54) is 6.33 Å². The summed E-state index contributed by atoms with van der Waals surface area (Å²) in [7, 11) is 0. The van der Waals surface area contributed by atoms with Gasteiger partial charge in [0.15, 0.2) is 0 Å². The van der Waals surface area contributed by atoms with Crippen LogP contribution < -0.4 is 0 Å². The molecular formula is C9H8N4. The van der Waals surface area contributed by atoms with Crippen molar-refractivity contribution < 1.29 is 0 Å². The number of H-pyrrole nitrogens is 1. The number of nitrogens with zero attached hydrogens (tertiary/aromatic N) is 3. The summed E-state index contributed by atoms with van der Waals surface area (Å²) in [5.41, 5.74) is 3.72. The van der Waals surface area contributed by atoms with Crippen LogP contribution in [0.3, 0.4) is 0 Å². The summed E-state index contributed by atoms with van der Waals surface area (Å²) in [6, 6.07) is 2.12. The standard InChI is InChI=1S/C9H8N4/c1-6-7(2-3-10)9-8(13-6)4-11-5-12-9/h4-5,13H,2H2,1H3. The van der Waals surface area contributed by atoms with Gasteiger partial charge in [-0.3, -0.25) is 0 Å². The summed E-state index contributed by atoms with van der Waals surface area (Å²) < 4.78 is 0. The summed E-state index contributed by atoms with van der Waals surface area (Å²) >= 11 is 0. The number of fused-ring (bicyclic) bond motifs is 1. The van der Waals surface area contributed by atoms with Crippen molar-refractivity contribution in [2.45, 2.75) is 13.3 Å². The third kappa shape index (κ3) is 1.14. The van der Waals surface area contributed by atoms with Crippen LogP contribution in [0.25, 0.3) is 11.0 Å². The average Bonchev–Trinajstić information content (AvgIpc) is 2.44. The largest absolute Gasteiger partial charge is 0.356 e. The first kappa shape index (κ1) is 7.74. The number of hydrogen-bond donors (Lipinski definition) is 1. The van der Waals surface area contributed by atoms with E-state index in [0.717, 1.165) is 22.3 Å². The van der Waals surface area contributed by atoms with Gasteiger partial charge >= 0.3 is 0 Å². The Labute approximate surface area is 75.2 Å². The van der Waals surface area contributed by atoms with Crippen LogP contribution in [0.1, 0.15) is 11.3 Å². The van der Waals surface area contributed by atoms with Crippen molar-refractivity contribution in [1.29, 1.82) is 5.26 Å². The molecule has 0 aliphatic heterocycles. The molecule has 0 saturated heterocycles. The minimum Gasteiger partial charge on any atom is -0.356 e. The van der Waals surface area contributed by atoms with Gasteiger partial charge in [0.25, 0.3) is 0 Å². The van der Waals surface area contributed by atoms with Crippen molar-refractivity contribution in [2.24, 2.45) is 0 Å². The summed E-state index contributed by atoms with van der Waals surface area (Å²) in [4.78, 5) is 11.2. The van der Waals surface area contributed by atoms with Crippen LogP contribution in [-0.2, 0) is 6.42 Å². The molecule has 0 aliphatic rings. The predicted octanol–water partition coefficient (Wildman–Crippen LogP) is 1.33. The van der Waals surface area contributed by atoms with Crippen LogP contribution >= 0.6 is 0 Å². The van der Waals surface area contributed by atoms with Crippen molar-refractivity contribution in [3.8, 4) is 6.07 Å². The Morgan fingerprint density at radius 1 is 1.62 bits per heavy atom. The predicted molar refractivity (Wildman–Crippen MR) is 47.9 cm³/mol. The second kappa shape index (κ2) is 2.87. The Bertz CT molecular complexity index is 478. The summed E-state index contributed by atoms with van der Waals surface area (Å²) in [6.45, 7) is 1.94. The van der Waals surface area contributed by atoms with Crippen LogP contribution in [0.15, 0.2) is 12.5 Å². The van der Waals surface area contributed by atoms with Crippen molar-refractivity contribution in [3.63, 3.8) is 0 Å². The van der Waals surface area contributed by atoms with E-state index in [4.69, 9.17) is 5.26 Å². The van der Waals surface area contributed by atoms with Crippen molar-refractivity contribution in [1.82, 2.24) is 15.0 Å². The van der Waals surface area contributed by atoms with E-state index in [9.17, 15) is 0 Å². The molecule has 0 saturated carbocycles. The average molecular weight is 172 g/mol. The highest BCUT2D eigenvalue weighted by Crippen LogP contribution is 2.18. The molecule has 0 atom stereocenters. The summed E-state index contributed by atoms with van der Waals surface area (Å²) in [5.74, 6) is 0. The van der Waals surface area contributed by atoms with Crippen molar-refractivity contribution in [3.05, 3.63) is 23.8 Å². The molecule has 13 heavy (non-hydrogen) atoms. The van der Waals surface area contributed by atoms with E-state index in [0.29, 0.717) is 6.42 Å². The topological polar surface area (TPSA) is 65.4 Å². The van der Waals surface area contributed by atoms with Crippen molar-refractivity contribution in [2.75, 3.05) is 0 Å². The van der Waals surface area contributed by atoms with Gasteiger partial charge < -0.3 is 4.98 Å². The Kier molecular flexibility index (Phi) is 1.71. The van der Waals surface area contributed by atoms with Gasteiger partial charge in [0.2, 0.25) is 0 Å². The normalized spacial score (nSPS) is 10.2. The monoisotopic (exact) mass is 172 g/mol. The second-order valence-corrected chi connectivity index (χ2v) is 2.85. The smallest absolute Gasteiger partial charge is 0.116 e. The van der Waals surface area contributed by atoms with Gasteiger partial charge in [-0.1, -0.05) is 0 Å². The SMILES string of the molecule is Cc1[nH]c2cncnc2c1CC#N. The minimum atomic E-state index is 0.392. The zero-order chi connectivity index (χ0) is 9.26. The third-order valence-electron chi connectivity index (χ3n) is 2.03.